The lowest BCUT2D eigenvalue weighted by molar-refractivity contribution is 0.120. The summed E-state index contributed by atoms with van der Waals surface area (Å²) in [5, 5.41) is 0.364. The number of halogens is 2. The van der Waals surface area contributed by atoms with E-state index in [1.54, 1.807) is 30.5 Å². The van der Waals surface area contributed by atoms with Crippen LogP contribution in [0.5, 0.6) is 0 Å². The van der Waals surface area contributed by atoms with Crippen molar-refractivity contribution in [3.8, 4) is 0 Å². The van der Waals surface area contributed by atoms with Crippen LogP contribution >= 0.6 is 0 Å². The van der Waals surface area contributed by atoms with Gasteiger partial charge in [0.1, 0.15) is 11.6 Å². The predicted octanol–water partition coefficient (Wildman–Crippen LogP) is 3.10. The fourth-order valence-corrected chi connectivity index (χ4v) is 3.86. The molecule has 0 N–H and O–H groups in total. The number of alkyl halides is 2. The van der Waals surface area contributed by atoms with Crippen LogP contribution in [0.2, 0.25) is 0 Å². The topological polar surface area (TPSA) is 63.9 Å². The Morgan fingerprint density at radius 3 is 2.82 bits per heavy atom. The lowest BCUT2D eigenvalue weighted by Crippen LogP contribution is -2.33. The van der Waals surface area contributed by atoms with E-state index in [0.717, 1.165) is 29.6 Å². The van der Waals surface area contributed by atoms with Crippen molar-refractivity contribution in [1.29, 1.82) is 0 Å². The van der Waals surface area contributed by atoms with Gasteiger partial charge in [-0.1, -0.05) is 12.1 Å². The Balaban J connectivity index is 1.76. The van der Waals surface area contributed by atoms with Gasteiger partial charge < -0.3 is 0 Å². The molecule has 1 aliphatic rings. The molecule has 8 heteroatoms. The summed E-state index contributed by atoms with van der Waals surface area (Å²) in [4.78, 5) is 28.2. The molecule has 1 aromatic carbocycles. The molecule has 1 atom stereocenters. The van der Waals surface area contributed by atoms with Crippen LogP contribution in [0.25, 0.3) is 10.9 Å². The third kappa shape index (κ3) is 3.64. The highest BCUT2D eigenvalue weighted by atomic mass is 19.3. The van der Waals surface area contributed by atoms with Gasteiger partial charge in [-0.2, -0.15) is 0 Å². The minimum absolute atomic E-state index is 0.202. The highest BCUT2D eigenvalue weighted by molar-refractivity contribution is 5.77. The van der Waals surface area contributed by atoms with Crippen molar-refractivity contribution in [2.75, 3.05) is 6.54 Å². The van der Waals surface area contributed by atoms with Gasteiger partial charge in [-0.3, -0.25) is 14.3 Å². The second-order valence-electron chi connectivity index (χ2n) is 7.02. The maximum atomic E-state index is 13.2. The molecule has 0 amide bonds. The molecule has 1 saturated heterocycles. The second-order valence-corrected chi connectivity index (χ2v) is 7.02. The minimum atomic E-state index is -2.63. The first-order valence-electron chi connectivity index (χ1n) is 9.33. The van der Waals surface area contributed by atoms with Crippen LogP contribution in [0.1, 0.15) is 36.2 Å². The molecule has 4 rings (SSSR count). The molecule has 28 heavy (non-hydrogen) atoms. The molecule has 146 valence electrons. The monoisotopic (exact) mass is 385 g/mol. The number of benzene rings is 1. The molecule has 2 aromatic heterocycles. The van der Waals surface area contributed by atoms with Crippen LogP contribution in [0.3, 0.4) is 0 Å². The van der Waals surface area contributed by atoms with Gasteiger partial charge in [-0.25, -0.2) is 23.7 Å². The number of para-hydroxylation sites is 1. The number of hydrogen-bond acceptors (Lipinski definition) is 5. The molecular weight excluding hydrogens is 364 g/mol. The second kappa shape index (κ2) is 7.71. The van der Waals surface area contributed by atoms with E-state index in [1.165, 1.54) is 0 Å². The Hall–Kier alpha value is -2.74. The van der Waals surface area contributed by atoms with Crippen molar-refractivity contribution >= 4 is 10.9 Å². The average Bonchev–Trinajstić information content (AvgIpc) is 3.11. The van der Waals surface area contributed by atoms with Crippen molar-refractivity contribution in [1.82, 2.24) is 24.4 Å². The van der Waals surface area contributed by atoms with Crippen molar-refractivity contribution in [2.45, 2.75) is 45.3 Å². The highest BCUT2D eigenvalue weighted by Crippen LogP contribution is 2.32. The van der Waals surface area contributed by atoms with Crippen LogP contribution in [0.4, 0.5) is 8.78 Å². The third-order valence-corrected chi connectivity index (χ3v) is 5.07. The van der Waals surface area contributed by atoms with Crippen LogP contribution in [0, 0.1) is 6.92 Å². The van der Waals surface area contributed by atoms with Gasteiger partial charge in [0.15, 0.2) is 0 Å². The molecule has 0 bridgehead atoms. The highest BCUT2D eigenvalue weighted by Gasteiger charge is 2.31. The largest absolute Gasteiger partial charge is 0.289 e. The molecular formula is C20H21F2N5O. The summed E-state index contributed by atoms with van der Waals surface area (Å²) < 4.78 is 27.6. The van der Waals surface area contributed by atoms with E-state index < -0.39 is 18.5 Å². The number of fused-ring (bicyclic) bond motifs is 1. The lowest BCUT2D eigenvalue weighted by Gasteiger charge is -2.26. The van der Waals surface area contributed by atoms with E-state index in [9.17, 15) is 13.6 Å². The Labute approximate surface area is 160 Å². The normalized spacial score (nSPS) is 17.6. The van der Waals surface area contributed by atoms with E-state index in [-0.39, 0.29) is 6.04 Å². The maximum absolute atomic E-state index is 13.2. The Bertz CT molecular complexity index is 1050. The molecule has 6 nitrogen and oxygen atoms in total. The summed E-state index contributed by atoms with van der Waals surface area (Å²) in [6.07, 6.45) is 0.757. The third-order valence-electron chi connectivity index (χ3n) is 5.07. The number of rotatable bonds is 5. The van der Waals surface area contributed by atoms with E-state index in [0.29, 0.717) is 29.1 Å². The standard InChI is InChI=1S/C20H21F2N5O/c1-13-23-9-8-14(24-13)11-26-10-4-7-17(26)19-25-16-6-3-2-5-15(16)20(28)27(19)12-18(21)22/h2-3,5-6,8-9,17-18H,4,7,10-12H2,1H3. The molecule has 1 aliphatic heterocycles. The maximum Gasteiger partial charge on any atom is 0.261 e. The summed E-state index contributed by atoms with van der Waals surface area (Å²) in [5.41, 5.74) is 0.992. The number of likely N-dealkylation sites (tertiary alicyclic amines) is 1. The minimum Gasteiger partial charge on any atom is -0.289 e. The smallest absolute Gasteiger partial charge is 0.261 e. The Kier molecular flexibility index (Phi) is 5.13. The summed E-state index contributed by atoms with van der Waals surface area (Å²) in [6.45, 7) is 2.54. The zero-order valence-electron chi connectivity index (χ0n) is 15.6. The van der Waals surface area contributed by atoms with E-state index >= 15 is 0 Å². The molecule has 0 saturated carbocycles. The lowest BCUT2D eigenvalue weighted by atomic mass is 10.1. The van der Waals surface area contributed by atoms with Crippen LogP contribution in [0.15, 0.2) is 41.3 Å². The number of hydrogen-bond donors (Lipinski definition) is 0. The average molecular weight is 385 g/mol. The molecule has 1 fully saturated rings. The first-order valence-corrected chi connectivity index (χ1v) is 9.33. The molecule has 0 aliphatic carbocycles. The summed E-state index contributed by atoms with van der Waals surface area (Å²) >= 11 is 0. The zero-order chi connectivity index (χ0) is 19.7. The van der Waals surface area contributed by atoms with E-state index in [2.05, 4.69) is 19.9 Å². The van der Waals surface area contributed by atoms with Gasteiger partial charge in [0.05, 0.1) is 29.2 Å². The van der Waals surface area contributed by atoms with Crippen molar-refractivity contribution < 1.29 is 8.78 Å². The van der Waals surface area contributed by atoms with Gasteiger partial charge in [0, 0.05) is 12.7 Å². The van der Waals surface area contributed by atoms with Gasteiger partial charge >= 0.3 is 0 Å². The summed E-state index contributed by atoms with van der Waals surface area (Å²) in [6, 6.07) is 8.55. The molecule has 3 heterocycles. The SMILES string of the molecule is Cc1nccc(CN2CCCC2c2nc3ccccc3c(=O)n2CC(F)F)n1. The summed E-state index contributed by atoms with van der Waals surface area (Å²) in [5.74, 6) is 1.10. The quantitative estimate of drug-likeness (QED) is 0.675. The number of aryl methyl sites for hydroxylation is 1. The van der Waals surface area contributed by atoms with E-state index in [4.69, 9.17) is 0 Å². The van der Waals surface area contributed by atoms with Gasteiger partial charge in [0.2, 0.25) is 0 Å². The van der Waals surface area contributed by atoms with Gasteiger partial charge in [-0.05, 0) is 44.5 Å². The Morgan fingerprint density at radius 2 is 2.04 bits per heavy atom. The number of aromatic nitrogens is 4. The van der Waals surface area contributed by atoms with Gasteiger partial charge in [0.25, 0.3) is 12.0 Å². The van der Waals surface area contributed by atoms with E-state index in [1.807, 2.05) is 13.0 Å². The van der Waals surface area contributed by atoms with Crippen molar-refractivity contribution in [3.05, 3.63) is 64.2 Å². The number of nitrogens with zero attached hydrogens (tertiary/aromatic N) is 5. The van der Waals surface area contributed by atoms with Crippen molar-refractivity contribution in [2.24, 2.45) is 0 Å². The van der Waals surface area contributed by atoms with Crippen molar-refractivity contribution in [3.63, 3.8) is 0 Å². The first-order chi connectivity index (χ1) is 13.5. The Morgan fingerprint density at radius 1 is 1.21 bits per heavy atom. The van der Waals surface area contributed by atoms with Crippen LogP contribution in [-0.4, -0.2) is 37.4 Å². The fourth-order valence-electron chi connectivity index (χ4n) is 3.86. The molecule has 0 radical (unpaired) electrons. The molecule has 1 unspecified atom stereocenters. The van der Waals surface area contributed by atoms with Crippen LogP contribution < -0.4 is 5.56 Å². The zero-order valence-corrected chi connectivity index (χ0v) is 15.6. The first kappa shape index (κ1) is 18.6. The van der Waals surface area contributed by atoms with Gasteiger partial charge in [-0.15, -0.1) is 0 Å². The molecule has 3 aromatic rings. The van der Waals surface area contributed by atoms with Crippen LogP contribution in [-0.2, 0) is 13.1 Å². The fraction of sp³-hybridized carbons (Fsp3) is 0.400. The molecule has 0 spiro atoms. The summed E-state index contributed by atoms with van der Waals surface area (Å²) in [7, 11) is 0. The predicted molar refractivity (Wildman–Crippen MR) is 101 cm³/mol.